The number of hydrogen-bond acceptors (Lipinski definition) is 3. The number of amides is 1. The number of ether oxygens (including phenoxy) is 1. The first-order valence-electron chi connectivity index (χ1n) is 4.83. The highest BCUT2D eigenvalue weighted by Crippen LogP contribution is 1.92. The van der Waals surface area contributed by atoms with Crippen LogP contribution in [0.3, 0.4) is 0 Å². The Labute approximate surface area is 84.4 Å². The zero-order valence-corrected chi connectivity index (χ0v) is 8.43. The Bertz CT molecular complexity index is 236. The van der Waals surface area contributed by atoms with E-state index >= 15 is 0 Å². The summed E-state index contributed by atoms with van der Waals surface area (Å²) in [6, 6.07) is -0.196. The highest BCUT2D eigenvalue weighted by Gasteiger charge is 2.19. The number of morpholine rings is 1. The second-order valence-electron chi connectivity index (χ2n) is 3.05. The molecular formula is C10H16N2O2. The van der Waals surface area contributed by atoms with E-state index in [0.29, 0.717) is 26.2 Å². The Morgan fingerprint density at radius 3 is 3.21 bits per heavy atom. The van der Waals surface area contributed by atoms with Gasteiger partial charge in [0, 0.05) is 19.5 Å². The molecule has 0 aromatic rings. The molecule has 1 atom stereocenters. The third-order valence-corrected chi connectivity index (χ3v) is 1.96. The zero-order chi connectivity index (χ0) is 10.2. The first kappa shape index (κ1) is 11.0. The summed E-state index contributed by atoms with van der Waals surface area (Å²) in [5.41, 5.74) is 0. The fraction of sp³-hybridized carbons (Fsp3) is 0.700. The van der Waals surface area contributed by atoms with Crippen LogP contribution >= 0.6 is 0 Å². The summed E-state index contributed by atoms with van der Waals surface area (Å²) in [7, 11) is 0. The molecule has 1 unspecified atom stereocenters. The Hall–Kier alpha value is -1.05. The fourth-order valence-electron chi connectivity index (χ4n) is 1.23. The van der Waals surface area contributed by atoms with Gasteiger partial charge >= 0.3 is 0 Å². The van der Waals surface area contributed by atoms with Crippen molar-refractivity contribution in [1.82, 2.24) is 10.6 Å². The summed E-state index contributed by atoms with van der Waals surface area (Å²) in [6.45, 7) is 4.29. The molecule has 0 radical (unpaired) electrons. The van der Waals surface area contributed by atoms with Crippen LogP contribution in [0.25, 0.3) is 0 Å². The standard InChI is InChI=1S/C10H16N2O2/c1-2-3-4-5-12-10(13)9-8-14-7-6-11-9/h9,11H,4-8H2,1H3,(H,12,13). The third-order valence-electron chi connectivity index (χ3n) is 1.96. The van der Waals surface area contributed by atoms with Crippen molar-refractivity contribution in [3.63, 3.8) is 0 Å². The molecule has 1 aliphatic rings. The number of rotatable bonds is 3. The van der Waals surface area contributed by atoms with Crippen molar-refractivity contribution in [1.29, 1.82) is 0 Å². The lowest BCUT2D eigenvalue weighted by atomic mass is 10.2. The Kier molecular flexibility index (Phi) is 5.05. The molecule has 1 fully saturated rings. The molecule has 14 heavy (non-hydrogen) atoms. The molecular weight excluding hydrogens is 180 g/mol. The predicted molar refractivity (Wildman–Crippen MR) is 53.7 cm³/mol. The van der Waals surface area contributed by atoms with Gasteiger partial charge in [-0.05, 0) is 6.92 Å². The molecule has 1 amide bonds. The van der Waals surface area contributed by atoms with Crippen LogP contribution in [0, 0.1) is 11.8 Å². The molecule has 1 aliphatic heterocycles. The first-order chi connectivity index (χ1) is 6.84. The zero-order valence-electron chi connectivity index (χ0n) is 8.43. The molecule has 0 aliphatic carbocycles. The van der Waals surface area contributed by atoms with E-state index in [2.05, 4.69) is 22.5 Å². The van der Waals surface area contributed by atoms with E-state index in [4.69, 9.17) is 4.74 Å². The highest BCUT2D eigenvalue weighted by atomic mass is 16.5. The molecule has 0 bridgehead atoms. The summed E-state index contributed by atoms with van der Waals surface area (Å²) in [4.78, 5) is 11.5. The van der Waals surface area contributed by atoms with E-state index in [9.17, 15) is 4.79 Å². The van der Waals surface area contributed by atoms with Gasteiger partial charge in [-0.2, -0.15) is 0 Å². The largest absolute Gasteiger partial charge is 0.378 e. The molecule has 1 rings (SSSR count). The van der Waals surface area contributed by atoms with E-state index in [0.717, 1.165) is 6.54 Å². The second-order valence-corrected chi connectivity index (χ2v) is 3.05. The molecule has 2 N–H and O–H groups in total. The predicted octanol–water partition coefficient (Wildman–Crippen LogP) is -0.496. The van der Waals surface area contributed by atoms with Gasteiger partial charge in [0.05, 0.1) is 13.2 Å². The van der Waals surface area contributed by atoms with Crippen LogP contribution in [0.15, 0.2) is 0 Å². The Morgan fingerprint density at radius 1 is 1.71 bits per heavy atom. The Balaban J connectivity index is 2.15. The molecule has 0 aromatic carbocycles. The van der Waals surface area contributed by atoms with Crippen LogP contribution in [0.4, 0.5) is 0 Å². The van der Waals surface area contributed by atoms with Crippen LogP contribution < -0.4 is 10.6 Å². The number of carbonyl (C=O) groups excluding carboxylic acids is 1. The van der Waals surface area contributed by atoms with Gasteiger partial charge in [0.15, 0.2) is 0 Å². The van der Waals surface area contributed by atoms with Crippen LogP contribution in [-0.4, -0.2) is 38.3 Å². The fourth-order valence-corrected chi connectivity index (χ4v) is 1.23. The van der Waals surface area contributed by atoms with E-state index in [1.807, 2.05) is 0 Å². The Morgan fingerprint density at radius 2 is 2.57 bits per heavy atom. The van der Waals surface area contributed by atoms with Crippen LogP contribution in [0.2, 0.25) is 0 Å². The topological polar surface area (TPSA) is 50.4 Å². The van der Waals surface area contributed by atoms with E-state index in [1.54, 1.807) is 6.92 Å². The van der Waals surface area contributed by atoms with Crippen molar-refractivity contribution >= 4 is 5.91 Å². The molecule has 4 nitrogen and oxygen atoms in total. The molecule has 4 heteroatoms. The van der Waals surface area contributed by atoms with Crippen LogP contribution in [-0.2, 0) is 9.53 Å². The van der Waals surface area contributed by atoms with E-state index in [1.165, 1.54) is 0 Å². The van der Waals surface area contributed by atoms with Crippen molar-refractivity contribution in [2.24, 2.45) is 0 Å². The van der Waals surface area contributed by atoms with Crippen molar-refractivity contribution in [2.45, 2.75) is 19.4 Å². The first-order valence-corrected chi connectivity index (χ1v) is 4.83. The van der Waals surface area contributed by atoms with Gasteiger partial charge < -0.3 is 15.4 Å². The summed E-state index contributed by atoms with van der Waals surface area (Å²) in [5.74, 6) is 5.67. The maximum absolute atomic E-state index is 11.5. The minimum atomic E-state index is -0.196. The lowest BCUT2D eigenvalue weighted by Crippen LogP contribution is -2.51. The van der Waals surface area contributed by atoms with Gasteiger partial charge in [-0.3, -0.25) is 4.79 Å². The van der Waals surface area contributed by atoms with Gasteiger partial charge in [0.1, 0.15) is 6.04 Å². The van der Waals surface area contributed by atoms with Gasteiger partial charge in [-0.15, -0.1) is 11.8 Å². The molecule has 0 saturated carbocycles. The quantitative estimate of drug-likeness (QED) is 0.473. The molecule has 0 aromatic heterocycles. The number of nitrogens with one attached hydrogen (secondary N) is 2. The minimum absolute atomic E-state index is 0.00241. The SMILES string of the molecule is CC#CCCNC(=O)C1COCCN1. The molecule has 1 saturated heterocycles. The van der Waals surface area contributed by atoms with Gasteiger partial charge in [0.2, 0.25) is 5.91 Å². The molecule has 78 valence electrons. The lowest BCUT2D eigenvalue weighted by molar-refractivity contribution is -0.125. The second kappa shape index (κ2) is 6.41. The summed E-state index contributed by atoms with van der Waals surface area (Å²) < 4.78 is 5.18. The van der Waals surface area contributed by atoms with Gasteiger partial charge in [-0.25, -0.2) is 0 Å². The summed E-state index contributed by atoms with van der Waals surface area (Å²) in [6.07, 6.45) is 0.704. The normalized spacial score (nSPS) is 20.8. The average molecular weight is 196 g/mol. The minimum Gasteiger partial charge on any atom is -0.378 e. The van der Waals surface area contributed by atoms with Gasteiger partial charge in [0.25, 0.3) is 0 Å². The van der Waals surface area contributed by atoms with Gasteiger partial charge in [-0.1, -0.05) is 0 Å². The number of hydrogen-bond donors (Lipinski definition) is 2. The lowest BCUT2D eigenvalue weighted by Gasteiger charge is -2.22. The van der Waals surface area contributed by atoms with Crippen molar-refractivity contribution in [3.05, 3.63) is 0 Å². The summed E-state index contributed by atoms with van der Waals surface area (Å²) in [5, 5.41) is 5.89. The van der Waals surface area contributed by atoms with E-state index in [-0.39, 0.29) is 11.9 Å². The maximum Gasteiger partial charge on any atom is 0.239 e. The number of carbonyl (C=O) groups is 1. The van der Waals surface area contributed by atoms with Crippen molar-refractivity contribution in [3.8, 4) is 11.8 Å². The molecule has 1 heterocycles. The smallest absolute Gasteiger partial charge is 0.239 e. The van der Waals surface area contributed by atoms with Crippen LogP contribution in [0.5, 0.6) is 0 Å². The van der Waals surface area contributed by atoms with Crippen molar-refractivity contribution in [2.75, 3.05) is 26.3 Å². The maximum atomic E-state index is 11.5. The highest BCUT2D eigenvalue weighted by molar-refractivity contribution is 5.81. The van der Waals surface area contributed by atoms with Crippen LogP contribution in [0.1, 0.15) is 13.3 Å². The third kappa shape index (κ3) is 3.77. The van der Waals surface area contributed by atoms with E-state index < -0.39 is 0 Å². The average Bonchev–Trinajstić information content (AvgIpc) is 2.25. The molecule has 0 spiro atoms. The monoisotopic (exact) mass is 196 g/mol. The van der Waals surface area contributed by atoms with Crippen molar-refractivity contribution < 1.29 is 9.53 Å². The summed E-state index contributed by atoms with van der Waals surface area (Å²) >= 11 is 0.